The van der Waals surface area contributed by atoms with Gasteiger partial charge in [-0.2, -0.15) is 16.9 Å². The average molecular weight is 267 g/mol. The van der Waals surface area contributed by atoms with Gasteiger partial charge >= 0.3 is 5.97 Å². The highest BCUT2D eigenvalue weighted by Crippen LogP contribution is 2.30. The Morgan fingerprint density at radius 2 is 2.11 bits per heavy atom. The summed E-state index contributed by atoms with van der Waals surface area (Å²) in [5.41, 5.74) is 0. The molecule has 98 valence electrons. The first-order valence-corrected chi connectivity index (χ1v) is 7.63. The van der Waals surface area contributed by atoms with Crippen molar-refractivity contribution in [3.8, 4) is 0 Å². The number of carboxylic acids is 1. The molecule has 1 atom stereocenters. The zero-order valence-corrected chi connectivity index (χ0v) is 11.0. The molecular formula is C12H17N3O2S. The molecule has 1 N–H and O–H groups in total. The van der Waals surface area contributed by atoms with Crippen LogP contribution in [0.25, 0.3) is 0 Å². The smallest absolute Gasteiger partial charge is 0.307 e. The SMILES string of the molecule is O=C(O)C1CCn2nc(C3CCSCC3)nc2C1. The van der Waals surface area contributed by atoms with E-state index in [-0.39, 0.29) is 5.92 Å². The summed E-state index contributed by atoms with van der Waals surface area (Å²) in [5.74, 6) is 3.67. The standard InChI is InChI=1S/C12H17N3O2S/c16-12(17)9-1-4-15-10(7-9)13-11(14-15)8-2-5-18-6-3-8/h8-9H,1-7H2,(H,16,17). The van der Waals surface area contributed by atoms with Crippen LogP contribution in [0.3, 0.4) is 0 Å². The zero-order chi connectivity index (χ0) is 12.5. The zero-order valence-electron chi connectivity index (χ0n) is 10.2. The fourth-order valence-electron chi connectivity index (χ4n) is 2.66. The highest BCUT2D eigenvalue weighted by molar-refractivity contribution is 7.99. The summed E-state index contributed by atoms with van der Waals surface area (Å²) in [4.78, 5) is 15.6. The van der Waals surface area contributed by atoms with Gasteiger partial charge < -0.3 is 5.11 Å². The molecule has 0 spiro atoms. The van der Waals surface area contributed by atoms with E-state index in [1.807, 2.05) is 16.4 Å². The molecule has 3 rings (SSSR count). The lowest BCUT2D eigenvalue weighted by Gasteiger charge is -2.18. The van der Waals surface area contributed by atoms with Gasteiger partial charge in [0.25, 0.3) is 0 Å². The van der Waals surface area contributed by atoms with E-state index >= 15 is 0 Å². The number of aromatic nitrogens is 3. The van der Waals surface area contributed by atoms with Crippen LogP contribution < -0.4 is 0 Å². The van der Waals surface area contributed by atoms with Crippen molar-refractivity contribution in [3.05, 3.63) is 11.6 Å². The van der Waals surface area contributed by atoms with E-state index in [0.717, 1.165) is 24.5 Å². The number of hydrogen-bond acceptors (Lipinski definition) is 4. The van der Waals surface area contributed by atoms with E-state index in [9.17, 15) is 4.79 Å². The second-order valence-electron chi connectivity index (χ2n) is 5.02. The van der Waals surface area contributed by atoms with Crippen LogP contribution in [0.2, 0.25) is 0 Å². The van der Waals surface area contributed by atoms with E-state index < -0.39 is 5.97 Å². The molecule has 2 aliphatic heterocycles. The van der Waals surface area contributed by atoms with Gasteiger partial charge in [0.05, 0.1) is 5.92 Å². The first-order valence-electron chi connectivity index (χ1n) is 6.48. The van der Waals surface area contributed by atoms with Gasteiger partial charge in [0.1, 0.15) is 5.82 Å². The average Bonchev–Trinajstić information content (AvgIpc) is 2.82. The summed E-state index contributed by atoms with van der Waals surface area (Å²) < 4.78 is 1.91. The first kappa shape index (κ1) is 12.0. The van der Waals surface area contributed by atoms with Crippen LogP contribution >= 0.6 is 11.8 Å². The van der Waals surface area contributed by atoms with Gasteiger partial charge in [-0.25, -0.2) is 9.67 Å². The number of nitrogens with zero attached hydrogens (tertiary/aromatic N) is 3. The Balaban J connectivity index is 1.78. The lowest BCUT2D eigenvalue weighted by molar-refractivity contribution is -0.142. The maximum Gasteiger partial charge on any atom is 0.307 e. The molecule has 0 bridgehead atoms. The minimum absolute atomic E-state index is 0.281. The molecule has 2 aliphatic rings. The highest BCUT2D eigenvalue weighted by Gasteiger charge is 2.28. The van der Waals surface area contributed by atoms with E-state index in [0.29, 0.717) is 25.3 Å². The lowest BCUT2D eigenvalue weighted by atomic mass is 9.98. The van der Waals surface area contributed by atoms with Crippen LogP contribution in [0, 0.1) is 5.92 Å². The number of carbonyl (C=O) groups is 1. The Hall–Kier alpha value is -1.04. The van der Waals surface area contributed by atoms with Crippen LogP contribution in [-0.2, 0) is 17.8 Å². The third-order valence-corrected chi connectivity index (χ3v) is 4.87. The molecule has 1 aromatic rings. The number of fused-ring (bicyclic) bond motifs is 1. The minimum Gasteiger partial charge on any atom is -0.481 e. The summed E-state index contributed by atoms with van der Waals surface area (Å²) in [6.45, 7) is 0.695. The van der Waals surface area contributed by atoms with Crippen molar-refractivity contribution in [1.82, 2.24) is 14.8 Å². The molecule has 18 heavy (non-hydrogen) atoms. The van der Waals surface area contributed by atoms with E-state index in [4.69, 9.17) is 5.11 Å². The van der Waals surface area contributed by atoms with Crippen molar-refractivity contribution < 1.29 is 9.90 Å². The Bertz CT molecular complexity index is 454. The van der Waals surface area contributed by atoms with Crippen LogP contribution in [-0.4, -0.2) is 37.3 Å². The summed E-state index contributed by atoms with van der Waals surface area (Å²) in [6.07, 6.45) is 3.50. The first-order chi connectivity index (χ1) is 8.74. The van der Waals surface area contributed by atoms with Crippen molar-refractivity contribution in [3.63, 3.8) is 0 Å². The van der Waals surface area contributed by atoms with Crippen LogP contribution in [0.5, 0.6) is 0 Å². The fraction of sp³-hybridized carbons (Fsp3) is 0.750. The molecule has 0 amide bonds. The number of rotatable bonds is 2. The van der Waals surface area contributed by atoms with Gasteiger partial charge in [0.2, 0.25) is 0 Å². The van der Waals surface area contributed by atoms with Crippen LogP contribution in [0.4, 0.5) is 0 Å². The molecule has 0 aromatic carbocycles. The summed E-state index contributed by atoms with van der Waals surface area (Å²) >= 11 is 1.99. The Morgan fingerprint density at radius 3 is 2.83 bits per heavy atom. The molecular weight excluding hydrogens is 250 g/mol. The second-order valence-corrected chi connectivity index (χ2v) is 6.25. The van der Waals surface area contributed by atoms with Crippen LogP contribution in [0.1, 0.15) is 36.8 Å². The fourth-order valence-corrected chi connectivity index (χ4v) is 3.77. The minimum atomic E-state index is -0.708. The molecule has 1 unspecified atom stereocenters. The molecule has 5 nitrogen and oxygen atoms in total. The summed E-state index contributed by atoms with van der Waals surface area (Å²) in [6, 6.07) is 0. The van der Waals surface area contributed by atoms with Gasteiger partial charge in [-0.1, -0.05) is 0 Å². The Labute approximate surface area is 110 Å². The molecule has 3 heterocycles. The summed E-state index contributed by atoms with van der Waals surface area (Å²) in [5, 5.41) is 13.6. The number of hydrogen-bond donors (Lipinski definition) is 1. The maximum absolute atomic E-state index is 11.0. The van der Waals surface area contributed by atoms with Crippen molar-refractivity contribution >= 4 is 17.7 Å². The number of thioether (sulfide) groups is 1. The molecule has 1 aromatic heterocycles. The van der Waals surface area contributed by atoms with Gasteiger partial charge in [-0.15, -0.1) is 0 Å². The van der Waals surface area contributed by atoms with E-state index in [1.54, 1.807) is 0 Å². The highest BCUT2D eigenvalue weighted by atomic mass is 32.2. The quantitative estimate of drug-likeness (QED) is 0.880. The third-order valence-electron chi connectivity index (χ3n) is 3.82. The van der Waals surface area contributed by atoms with Crippen molar-refractivity contribution in [2.24, 2.45) is 5.92 Å². The normalized spacial score (nSPS) is 24.8. The largest absolute Gasteiger partial charge is 0.481 e. The molecule has 0 radical (unpaired) electrons. The van der Waals surface area contributed by atoms with Crippen molar-refractivity contribution in [2.45, 2.75) is 38.1 Å². The van der Waals surface area contributed by atoms with Crippen LogP contribution in [0.15, 0.2) is 0 Å². The molecule has 0 aliphatic carbocycles. The van der Waals surface area contributed by atoms with Gasteiger partial charge in [0.15, 0.2) is 5.82 Å². The molecule has 1 fully saturated rings. The topological polar surface area (TPSA) is 68.0 Å². The van der Waals surface area contributed by atoms with Gasteiger partial charge in [-0.05, 0) is 30.8 Å². The Morgan fingerprint density at radius 1 is 1.33 bits per heavy atom. The predicted octanol–water partition coefficient (Wildman–Crippen LogP) is 1.54. The van der Waals surface area contributed by atoms with Gasteiger partial charge in [0, 0.05) is 18.9 Å². The summed E-state index contributed by atoms with van der Waals surface area (Å²) in [7, 11) is 0. The maximum atomic E-state index is 11.0. The lowest BCUT2D eigenvalue weighted by Crippen LogP contribution is -2.26. The van der Waals surface area contributed by atoms with Gasteiger partial charge in [-0.3, -0.25) is 4.79 Å². The number of aryl methyl sites for hydroxylation is 1. The van der Waals surface area contributed by atoms with E-state index in [2.05, 4.69) is 10.1 Å². The Kier molecular flexibility index (Phi) is 3.28. The molecule has 0 saturated carbocycles. The molecule has 1 saturated heterocycles. The number of carboxylic acid groups (broad SMARTS) is 1. The van der Waals surface area contributed by atoms with Crippen molar-refractivity contribution in [2.75, 3.05) is 11.5 Å². The second kappa shape index (κ2) is 4.91. The van der Waals surface area contributed by atoms with Crippen molar-refractivity contribution in [1.29, 1.82) is 0 Å². The third kappa shape index (κ3) is 2.25. The van der Waals surface area contributed by atoms with E-state index in [1.165, 1.54) is 11.5 Å². The predicted molar refractivity (Wildman–Crippen MR) is 68.8 cm³/mol. The molecule has 6 heteroatoms. The number of aliphatic carboxylic acids is 1. The monoisotopic (exact) mass is 267 g/mol.